The number of aliphatic hydroxyl groups is 1. The number of nitrogens with one attached hydrogen (secondary N) is 2. The fraction of sp³-hybridized carbons (Fsp3) is 0.407. The zero-order valence-corrected chi connectivity index (χ0v) is 43.1. The SMILES string of the molecule is COC(=O)C[C@@H]1N=C(c2ccc(-c3ccc(O[C@H]4C[C@@H](C(=O)N[C@H](C(=O)N5C[C@H](O)C[C@H]5C(=O)N[C@@H](C)c5ccc(-c6sccc6C)cc5)C(C)(C)C)C4)nc3)cc2)c2c(sc(C)c2C)-n2c(C)nnc21. The van der Waals surface area contributed by atoms with Gasteiger partial charge in [-0.15, -0.1) is 32.9 Å². The van der Waals surface area contributed by atoms with E-state index in [1.807, 2.05) is 99.8 Å². The van der Waals surface area contributed by atoms with Crippen LogP contribution in [0.1, 0.15) is 110 Å². The third-order valence-corrected chi connectivity index (χ3v) is 16.2. The van der Waals surface area contributed by atoms with Gasteiger partial charge in [0.25, 0.3) is 0 Å². The summed E-state index contributed by atoms with van der Waals surface area (Å²) in [6.07, 6.45) is 1.69. The third kappa shape index (κ3) is 10.0. The highest BCUT2D eigenvalue weighted by Gasteiger charge is 2.46. The highest BCUT2D eigenvalue weighted by molar-refractivity contribution is 7.15. The van der Waals surface area contributed by atoms with Crippen LogP contribution < -0.4 is 15.4 Å². The third-order valence-electron chi connectivity index (χ3n) is 14.0. The van der Waals surface area contributed by atoms with Crippen molar-refractivity contribution < 1.29 is 33.8 Å². The van der Waals surface area contributed by atoms with Crippen molar-refractivity contribution in [2.75, 3.05) is 13.7 Å². The van der Waals surface area contributed by atoms with Crippen LogP contribution in [-0.2, 0) is 23.9 Å². The first-order valence-electron chi connectivity index (χ1n) is 24.0. The molecule has 370 valence electrons. The van der Waals surface area contributed by atoms with Gasteiger partial charge in [-0.1, -0.05) is 69.3 Å². The molecule has 4 aromatic heterocycles. The summed E-state index contributed by atoms with van der Waals surface area (Å²) < 4.78 is 13.2. The van der Waals surface area contributed by atoms with E-state index in [1.54, 1.807) is 28.9 Å². The number of benzene rings is 2. The van der Waals surface area contributed by atoms with Crippen LogP contribution >= 0.6 is 22.7 Å². The van der Waals surface area contributed by atoms with Crippen LogP contribution in [0.15, 0.2) is 83.3 Å². The molecule has 2 aromatic carbocycles. The predicted molar refractivity (Wildman–Crippen MR) is 274 cm³/mol. The number of pyridine rings is 1. The number of carbonyl (C=O) groups excluding carboxylic acids is 4. The van der Waals surface area contributed by atoms with Crippen LogP contribution in [0.25, 0.3) is 26.6 Å². The largest absolute Gasteiger partial charge is 0.474 e. The molecule has 17 heteroatoms. The van der Waals surface area contributed by atoms with Crippen molar-refractivity contribution in [3.63, 3.8) is 0 Å². The predicted octanol–water partition coefficient (Wildman–Crippen LogP) is 8.34. The number of likely N-dealkylation sites (tertiary alicyclic amines) is 1. The maximum Gasteiger partial charge on any atom is 0.308 e. The van der Waals surface area contributed by atoms with Crippen molar-refractivity contribution in [3.05, 3.63) is 123 Å². The van der Waals surface area contributed by atoms with E-state index < -0.39 is 35.6 Å². The first-order chi connectivity index (χ1) is 33.9. The van der Waals surface area contributed by atoms with Gasteiger partial charge < -0.3 is 30.1 Å². The van der Waals surface area contributed by atoms with Gasteiger partial charge in [0, 0.05) is 57.6 Å². The van der Waals surface area contributed by atoms with Crippen LogP contribution in [0.5, 0.6) is 5.88 Å². The number of hydrogen-bond donors (Lipinski definition) is 3. The van der Waals surface area contributed by atoms with E-state index in [9.17, 15) is 24.3 Å². The van der Waals surface area contributed by atoms with Crippen molar-refractivity contribution >= 4 is 52.1 Å². The summed E-state index contributed by atoms with van der Waals surface area (Å²) in [6.45, 7) is 15.7. The molecule has 1 saturated carbocycles. The summed E-state index contributed by atoms with van der Waals surface area (Å²) in [6, 6.07) is 19.3. The number of hydrogen-bond acceptors (Lipinski definition) is 13. The van der Waals surface area contributed by atoms with Crippen molar-refractivity contribution in [2.24, 2.45) is 16.3 Å². The van der Waals surface area contributed by atoms with Gasteiger partial charge in [-0.2, -0.15) is 0 Å². The molecule has 0 bridgehead atoms. The number of nitrogens with zero attached hydrogens (tertiary/aromatic N) is 6. The van der Waals surface area contributed by atoms with Crippen molar-refractivity contribution in [3.8, 4) is 32.4 Å². The van der Waals surface area contributed by atoms with Gasteiger partial charge in [0.15, 0.2) is 5.82 Å². The van der Waals surface area contributed by atoms with Crippen LogP contribution in [0, 0.1) is 39.0 Å². The van der Waals surface area contributed by atoms with E-state index in [2.05, 4.69) is 58.0 Å². The number of ether oxygens (including phenoxy) is 2. The second-order valence-corrected chi connectivity index (χ2v) is 22.2. The second kappa shape index (κ2) is 19.9. The Hall–Kier alpha value is -6.56. The minimum absolute atomic E-state index is 0.00331. The molecule has 6 heterocycles. The average molecular weight is 997 g/mol. The van der Waals surface area contributed by atoms with Gasteiger partial charge >= 0.3 is 5.97 Å². The number of carbonyl (C=O) groups is 4. The molecule has 1 aliphatic carbocycles. The zero-order valence-electron chi connectivity index (χ0n) is 41.5. The molecule has 71 heavy (non-hydrogen) atoms. The maximum absolute atomic E-state index is 14.3. The molecule has 2 fully saturated rings. The van der Waals surface area contributed by atoms with Crippen molar-refractivity contribution in [1.82, 2.24) is 35.3 Å². The number of thiophene rings is 2. The van der Waals surface area contributed by atoms with Crippen LogP contribution in [-0.4, -0.2) is 97.1 Å². The Balaban J connectivity index is 0.806. The van der Waals surface area contributed by atoms with Gasteiger partial charge in [0.05, 0.1) is 31.4 Å². The second-order valence-electron chi connectivity index (χ2n) is 20.0. The van der Waals surface area contributed by atoms with E-state index in [4.69, 9.17) is 14.5 Å². The minimum atomic E-state index is -0.929. The molecule has 0 spiro atoms. The lowest BCUT2D eigenvalue weighted by Crippen LogP contribution is -2.59. The topological polar surface area (TPSA) is 190 Å². The molecule has 3 aliphatic rings. The number of rotatable bonds is 13. The van der Waals surface area contributed by atoms with Crippen LogP contribution in [0.3, 0.4) is 0 Å². The smallest absolute Gasteiger partial charge is 0.308 e. The summed E-state index contributed by atoms with van der Waals surface area (Å²) in [5.41, 5.74) is 8.16. The molecule has 5 atom stereocenters. The normalized spacial score (nSPS) is 20.4. The lowest BCUT2D eigenvalue weighted by molar-refractivity contribution is -0.145. The lowest BCUT2D eigenvalue weighted by atomic mass is 9.80. The number of aryl methyl sites for hydroxylation is 3. The number of esters is 1. The summed E-state index contributed by atoms with van der Waals surface area (Å²) in [4.78, 5) is 67.9. The molecule has 0 unspecified atom stereocenters. The number of aliphatic imine (C=N–C) groups is 1. The maximum atomic E-state index is 14.3. The highest BCUT2D eigenvalue weighted by atomic mass is 32.1. The van der Waals surface area contributed by atoms with Gasteiger partial charge in [0.1, 0.15) is 35.1 Å². The Kier molecular flexibility index (Phi) is 13.9. The Morgan fingerprint density at radius 3 is 2.20 bits per heavy atom. The highest BCUT2D eigenvalue weighted by Crippen LogP contribution is 2.40. The van der Waals surface area contributed by atoms with E-state index in [0.717, 1.165) is 60.4 Å². The number of methoxy groups -OCH3 is 1. The van der Waals surface area contributed by atoms with Crippen molar-refractivity contribution in [2.45, 2.75) is 117 Å². The van der Waals surface area contributed by atoms with Gasteiger partial charge in [-0.05, 0) is 98.2 Å². The number of aromatic nitrogens is 4. The number of aliphatic hydroxyl groups excluding tert-OH is 1. The Morgan fingerprint density at radius 1 is 0.859 bits per heavy atom. The van der Waals surface area contributed by atoms with Gasteiger partial charge in [-0.3, -0.25) is 28.7 Å². The van der Waals surface area contributed by atoms with E-state index in [0.29, 0.717) is 24.5 Å². The summed E-state index contributed by atoms with van der Waals surface area (Å²) in [5.74, 6) is -0.00259. The van der Waals surface area contributed by atoms with Crippen LogP contribution in [0.2, 0.25) is 0 Å². The van der Waals surface area contributed by atoms with E-state index in [1.165, 1.54) is 22.5 Å². The number of amides is 3. The molecule has 0 radical (unpaired) electrons. The summed E-state index contributed by atoms with van der Waals surface area (Å²) in [5, 5.41) is 28.7. The fourth-order valence-electron chi connectivity index (χ4n) is 9.62. The fourth-order valence-corrected chi connectivity index (χ4v) is 11.8. The number of β-amino-alcohol motifs (C(OH)–C–C–N with tert-alkyl or cyclic N) is 1. The monoisotopic (exact) mass is 996 g/mol. The molecular weight excluding hydrogens is 937 g/mol. The molecular formula is C54H60N8O7S2. The Labute approximate surface area is 421 Å². The van der Waals surface area contributed by atoms with Crippen LogP contribution in [0.4, 0.5) is 0 Å². The lowest BCUT2D eigenvalue weighted by Gasteiger charge is -2.39. The van der Waals surface area contributed by atoms with Gasteiger partial charge in [-0.25, -0.2) is 4.98 Å². The molecule has 6 aromatic rings. The van der Waals surface area contributed by atoms with E-state index in [-0.39, 0.29) is 55.2 Å². The quantitative estimate of drug-likeness (QED) is 0.0949. The first-order valence-corrected chi connectivity index (χ1v) is 25.7. The first kappa shape index (κ1) is 49.4. The molecule has 15 nitrogen and oxygen atoms in total. The van der Waals surface area contributed by atoms with Gasteiger partial charge in [0.2, 0.25) is 23.6 Å². The van der Waals surface area contributed by atoms with Crippen molar-refractivity contribution in [1.29, 1.82) is 0 Å². The molecule has 3 N–H and O–H groups in total. The minimum Gasteiger partial charge on any atom is -0.474 e. The molecule has 9 rings (SSSR count). The zero-order chi connectivity index (χ0) is 50.5. The summed E-state index contributed by atoms with van der Waals surface area (Å²) >= 11 is 3.34. The molecule has 2 aliphatic heterocycles. The molecule has 3 amide bonds. The molecule has 1 saturated heterocycles. The average Bonchev–Trinajstić information content (AvgIpc) is 4.10. The Bertz CT molecular complexity index is 3000. The summed E-state index contributed by atoms with van der Waals surface area (Å²) in [7, 11) is 1.37. The van der Waals surface area contributed by atoms with E-state index >= 15 is 0 Å². The Morgan fingerprint density at radius 2 is 1.55 bits per heavy atom. The number of fused-ring (bicyclic) bond motifs is 3. The standard InChI is InChI=1S/C54H60N8O7S2/c1-28-20-21-70-47(28)36-16-10-33(11-17-36)30(3)56-51(66)42-24-39(63)27-61(42)52(67)48(54(6,7)8)58-50(65)38-22-40(23-38)69-43-19-18-37(26-55-43)34-12-14-35(15-13-34)46-45-29(2)31(4)71-53(45)62-32(5)59-60-49(62)41(57-46)25-44(64)68-9/h10-21,26,30,38-42,48,63H,22-25,27H2,1-9H3,(H,56,66)(H,58,65)/t30-,38-,39+,40+,41-,42-,48+/m0/s1.